The van der Waals surface area contributed by atoms with Gasteiger partial charge in [0.25, 0.3) is 5.56 Å². The third kappa shape index (κ3) is 4.50. The lowest BCUT2D eigenvalue weighted by Crippen LogP contribution is -2.38. The van der Waals surface area contributed by atoms with Crippen LogP contribution in [0.25, 0.3) is 0 Å². The number of nitrogens with zero attached hydrogens (tertiary/aromatic N) is 1. The molecule has 0 spiro atoms. The molecule has 1 aliphatic rings. The SMILES string of the molecule is COC1C(n2ccc(=O)[nH]c2=O)OC(CO)[C@@H]1O.F.O=PO. The fraction of sp³-hybridized carbons (Fsp3) is 0.600. The molecule has 0 bridgehead atoms. The summed E-state index contributed by atoms with van der Waals surface area (Å²) in [6, 6.07) is 1.16. The van der Waals surface area contributed by atoms with Gasteiger partial charge in [-0.15, -0.1) is 0 Å². The first-order valence-electron chi connectivity index (χ1n) is 5.75. The van der Waals surface area contributed by atoms with Gasteiger partial charge in [0.2, 0.25) is 0 Å². The van der Waals surface area contributed by atoms with E-state index < -0.39 is 51.1 Å². The first-order chi connectivity index (χ1) is 9.99. The minimum atomic E-state index is -1.05. The fourth-order valence-electron chi connectivity index (χ4n) is 1.98. The van der Waals surface area contributed by atoms with Crippen LogP contribution in [0.2, 0.25) is 0 Å². The normalized spacial score (nSPS) is 26.9. The molecule has 10 nitrogen and oxygen atoms in total. The molecule has 22 heavy (non-hydrogen) atoms. The molecule has 126 valence electrons. The van der Waals surface area contributed by atoms with Gasteiger partial charge in [-0.05, 0) is 0 Å². The smallest absolute Gasteiger partial charge is 0.330 e. The van der Waals surface area contributed by atoms with Crippen LogP contribution in [0.4, 0.5) is 4.70 Å². The zero-order valence-corrected chi connectivity index (χ0v) is 12.3. The van der Waals surface area contributed by atoms with Crippen molar-refractivity contribution in [3.8, 4) is 0 Å². The van der Waals surface area contributed by atoms with E-state index in [0.717, 1.165) is 10.6 Å². The van der Waals surface area contributed by atoms with Crippen molar-refractivity contribution < 1.29 is 33.8 Å². The maximum absolute atomic E-state index is 11.6. The standard InChI is InChI=1S/C10H14N2O6.FH.HO2P/c1-17-8-7(15)5(4-13)18-9(8)12-3-2-6(14)11-10(12)16;;1-3-2/h2-3,5,7-9,13,15H,4H2,1H3,(H,11,14,16);1H;(H,1,2)/t5?,7-,8?,9?;;/m0../s1. The quantitative estimate of drug-likeness (QED) is 0.467. The van der Waals surface area contributed by atoms with Crippen molar-refractivity contribution in [1.82, 2.24) is 9.55 Å². The highest BCUT2D eigenvalue weighted by atomic mass is 31.1. The molecule has 1 fully saturated rings. The summed E-state index contributed by atoms with van der Waals surface area (Å²) in [5.41, 5.74) is -1.19. The second kappa shape index (κ2) is 9.51. The van der Waals surface area contributed by atoms with Crippen LogP contribution < -0.4 is 11.2 Å². The maximum atomic E-state index is 11.6. The number of aliphatic hydroxyl groups is 2. The highest BCUT2D eigenvalue weighted by Crippen LogP contribution is 2.29. The van der Waals surface area contributed by atoms with Crippen molar-refractivity contribution in [2.75, 3.05) is 13.7 Å². The van der Waals surface area contributed by atoms with Crippen LogP contribution in [0, 0.1) is 0 Å². The van der Waals surface area contributed by atoms with E-state index in [1.54, 1.807) is 0 Å². The molecule has 4 N–H and O–H groups in total. The van der Waals surface area contributed by atoms with Gasteiger partial charge in [0, 0.05) is 19.4 Å². The highest BCUT2D eigenvalue weighted by molar-refractivity contribution is 7.16. The van der Waals surface area contributed by atoms with Gasteiger partial charge in [-0.1, -0.05) is 0 Å². The van der Waals surface area contributed by atoms with Gasteiger partial charge in [0.05, 0.1) is 6.61 Å². The summed E-state index contributed by atoms with van der Waals surface area (Å²) in [7, 11) is 0.528. The third-order valence-corrected chi connectivity index (χ3v) is 2.89. The van der Waals surface area contributed by atoms with Crippen LogP contribution in [0.5, 0.6) is 0 Å². The molecule has 0 saturated carbocycles. The van der Waals surface area contributed by atoms with Gasteiger partial charge in [0.15, 0.2) is 6.23 Å². The van der Waals surface area contributed by atoms with E-state index in [1.165, 1.54) is 13.3 Å². The Morgan fingerprint density at radius 2 is 2.09 bits per heavy atom. The second-order valence-corrected chi connectivity index (χ2v) is 4.20. The number of hydrogen-bond donors (Lipinski definition) is 4. The molecule has 1 aromatic heterocycles. The average Bonchev–Trinajstić information content (AvgIpc) is 2.75. The summed E-state index contributed by atoms with van der Waals surface area (Å²) < 4.78 is 20.0. The Hall–Kier alpha value is -1.49. The number of ether oxygens (including phenoxy) is 2. The van der Waals surface area contributed by atoms with Gasteiger partial charge < -0.3 is 24.6 Å². The molecular weight excluding hydrogens is 326 g/mol. The van der Waals surface area contributed by atoms with Crippen molar-refractivity contribution in [3.63, 3.8) is 0 Å². The molecule has 0 radical (unpaired) electrons. The van der Waals surface area contributed by atoms with Crippen molar-refractivity contribution in [2.24, 2.45) is 0 Å². The number of H-pyrrole nitrogens is 1. The fourth-order valence-corrected chi connectivity index (χ4v) is 1.98. The summed E-state index contributed by atoms with van der Waals surface area (Å²) in [5.74, 6) is 0. The number of halogens is 1. The van der Waals surface area contributed by atoms with Crippen LogP contribution in [0.3, 0.4) is 0 Å². The Morgan fingerprint density at radius 1 is 1.50 bits per heavy atom. The monoisotopic (exact) mass is 342 g/mol. The Kier molecular flexibility index (Phi) is 8.87. The lowest BCUT2D eigenvalue weighted by molar-refractivity contribution is -0.0625. The number of methoxy groups -OCH3 is 1. The van der Waals surface area contributed by atoms with E-state index >= 15 is 0 Å². The lowest BCUT2D eigenvalue weighted by Gasteiger charge is -2.19. The van der Waals surface area contributed by atoms with Crippen LogP contribution in [0.15, 0.2) is 21.9 Å². The molecule has 1 saturated heterocycles. The predicted octanol–water partition coefficient (Wildman–Crippen LogP) is -1.86. The molecule has 4 atom stereocenters. The lowest BCUT2D eigenvalue weighted by atomic mass is 10.1. The summed E-state index contributed by atoms with van der Waals surface area (Å²) in [6.45, 7) is -0.393. The number of aliphatic hydroxyl groups excluding tert-OH is 2. The minimum Gasteiger partial charge on any atom is -0.394 e. The molecule has 0 aromatic carbocycles. The number of nitrogens with one attached hydrogen (secondary N) is 1. The van der Waals surface area contributed by atoms with Gasteiger partial charge in [-0.25, -0.2) is 9.36 Å². The van der Waals surface area contributed by atoms with Crippen LogP contribution in [-0.2, 0) is 14.0 Å². The maximum Gasteiger partial charge on any atom is 0.330 e. The topological polar surface area (TPSA) is 151 Å². The first-order valence-corrected chi connectivity index (χ1v) is 6.52. The van der Waals surface area contributed by atoms with E-state index in [0.29, 0.717) is 0 Å². The van der Waals surface area contributed by atoms with Gasteiger partial charge in [-0.3, -0.25) is 19.1 Å². The Balaban J connectivity index is 0.00000102. The Morgan fingerprint density at radius 3 is 2.55 bits per heavy atom. The highest BCUT2D eigenvalue weighted by Gasteiger charge is 2.45. The molecule has 3 unspecified atom stereocenters. The van der Waals surface area contributed by atoms with E-state index in [4.69, 9.17) is 24.0 Å². The second-order valence-electron chi connectivity index (χ2n) is 4.04. The van der Waals surface area contributed by atoms with Crippen molar-refractivity contribution in [1.29, 1.82) is 0 Å². The summed E-state index contributed by atoms with van der Waals surface area (Å²) in [4.78, 5) is 31.6. The van der Waals surface area contributed by atoms with E-state index in [9.17, 15) is 14.7 Å². The third-order valence-electron chi connectivity index (χ3n) is 2.89. The molecular formula is C10H16FN2O8P. The first kappa shape index (κ1) is 20.5. The molecule has 1 aromatic rings. The van der Waals surface area contributed by atoms with Gasteiger partial charge in [-0.2, -0.15) is 0 Å². The van der Waals surface area contributed by atoms with Crippen LogP contribution in [-0.4, -0.2) is 56.7 Å². The summed E-state index contributed by atoms with van der Waals surface area (Å²) in [6.07, 6.45) is -2.33. The number of hydrogen-bond acceptors (Lipinski definition) is 7. The van der Waals surface area contributed by atoms with Crippen molar-refractivity contribution in [3.05, 3.63) is 33.1 Å². The summed E-state index contributed by atoms with van der Waals surface area (Å²) in [5, 5.41) is 18.9. The van der Waals surface area contributed by atoms with Gasteiger partial charge >= 0.3 is 14.4 Å². The van der Waals surface area contributed by atoms with E-state index in [1.807, 2.05) is 0 Å². The molecule has 0 aliphatic carbocycles. The minimum absolute atomic E-state index is 0. The molecule has 2 rings (SSSR count). The molecule has 2 heterocycles. The Bertz CT molecular complexity index is 579. The van der Waals surface area contributed by atoms with Crippen molar-refractivity contribution in [2.45, 2.75) is 24.5 Å². The van der Waals surface area contributed by atoms with Crippen LogP contribution >= 0.6 is 8.69 Å². The van der Waals surface area contributed by atoms with Crippen molar-refractivity contribution >= 4 is 8.69 Å². The zero-order valence-electron chi connectivity index (χ0n) is 11.4. The largest absolute Gasteiger partial charge is 0.394 e. The number of aromatic amines is 1. The Labute approximate surface area is 124 Å². The number of aromatic nitrogens is 2. The average molecular weight is 342 g/mol. The van der Waals surface area contributed by atoms with Gasteiger partial charge in [0.1, 0.15) is 18.3 Å². The zero-order chi connectivity index (χ0) is 16.0. The molecule has 1 aliphatic heterocycles. The summed E-state index contributed by atoms with van der Waals surface area (Å²) >= 11 is 0. The number of rotatable bonds is 3. The van der Waals surface area contributed by atoms with Crippen LogP contribution in [0.1, 0.15) is 6.23 Å². The van der Waals surface area contributed by atoms with E-state index in [2.05, 4.69) is 4.98 Å². The van der Waals surface area contributed by atoms with E-state index in [-0.39, 0.29) is 4.70 Å². The molecule has 12 heteroatoms. The molecule has 0 amide bonds. The predicted molar refractivity (Wildman–Crippen MR) is 71.5 cm³/mol.